The molecule has 1 rings (SSSR count). The predicted molar refractivity (Wildman–Crippen MR) is 83.1 cm³/mol. The second-order valence-corrected chi connectivity index (χ2v) is 5.46. The topological polar surface area (TPSA) is 97.4 Å². The van der Waals surface area contributed by atoms with E-state index in [1.807, 2.05) is 6.92 Å². The molecule has 0 radical (unpaired) electrons. The van der Waals surface area contributed by atoms with Crippen molar-refractivity contribution in [3.63, 3.8) is 0 Å². The van der Waals surface area contributed by atoms with Crippen molar-refractivity contribution in [2.75, 3.05) is 13.2 Å². The monoisotopic (exact) mass is 371 g/mol. The van der Waals surface area contributed by atoms with Crippen molar-refractivity contribution in [2.45, 2.75) is 26.3 Å². The Morgan fingerprint density at radius 1 is 1.36 bits per heavy atom. The molecule has 22 heavy (non-hydrogen) atoms. The van der Waals surface area contributed by atoms with Gasteiger partial charge in [0.05, 0.1) is 5.56 Å². The van der Waals surface area contributed by atoms with Crippen LogP contribution in [0.2, 0.25) is 0 Å². The zero-order valence-electron chi connectivity index (χ0n) is 12.4. The molecule has 0 saturated heterocycles. The molecule has 8 heteroatoms. The summed E-state index contributed by atoms with van der Waals surface area (Å²) in [6, 6.07) is 0.846. The molecule has 1 aromatic heterocycles. The SMILES string of the molecule is CCCNC(=O)[C@H](C)NC(=O)COC(=O)c1cncc(Br)c1. The number of rotatable bonds is 7. The molecule has 1 aromatic rings. The van der Waals surface area contributed by atoms with Gasteiger partial charge in [0.1, 0.15) is 6.04 Å². The number of hydrogen-bond donors (Lipinski definition) is 2. The number of aromatic nitrogens is 1. The molecule has 0 aromatic carbocycles. The molecule has 1 atom stereocenters. The third-order valence-electron chi connectivity index (χ3n) is 2.59. The number of amides is 2. The van der Waals surface area contributed by atoms with E-state index in [1.54, 1.807) is 6.92 Å². The Labute approximate surface area is 137 Å². The van der Waals surface area contributed by atoms with Crippen molar-refractivity contribution >= 4 is 33.7 Å². The molecule has 2 N–H and O–H groups in total. The molecular weight excluding hydrogens is 354 g/mol. The van der Waals surface area contributed by atoms with Crippen LogP contribution in [0.1, 0.15) is 30.6 Å². The van der Waals surface area contributed by atoms with Gasteiger partial charge >= 0.3 is 5.97 Å². The molecule has 0 aliphatic carbocycles. The second kappa shape index (κ2) is 9.14. The minimum atomic E-state index is -0.690. The van der Waals surface area contributed by atoms with E-state index < -0.39 is 24.5 Å². The number of pyridine rings is 1. The summed E-state index contributed by atoms with van der Waals surface area (Å²) in [6.45, 7) is 3.57. The lowest BCUT2D eigenvalue weighted by atomic mass is 10.3. The van der Waals surface area contributed by atoms with E-state index in [0.717, 1.165) is 6.42 Å². The molecule has 0 spiro atoms. The van der Waals surface area contributed by atoms with Crippen molar-refractivity contribution in [3.8, 4) is 0 Å². The third-order valence-corrected chi connectivity index (χ3v) is 3.03. The molecule has 2 amide bonds. The fraction of sp³-hybridized carbons (Fsp3) is 0.429. The molecular formula is C14H18BrN3O4. The molecule has 7 nitrogen and oxygen atoms in total. The maximum atomic E-state index is 11.7. The van der Waals surface area contributed by atoms with Gasteiger partial charge in [-0.2, -0.15) is 0 Å². The van der Waals surface area contributed by atoms with Gasteiger partial charge in [0.25, 0.3) is 5.91 Å². The number of carbonyl (C=O) groups is 3. The highest BCUT2D eigenvalue weighted by Crippen LogP contribution is 2.10. The van der Waals surface area contributed by atoms with E-state index in [9.17, 15) is 14.4 Å². The van der Waals surface area contributed by atoms with E-state index in [0.29, 0.717) is 11.0 Å². The summed E-state index contributed by atoms with van der Waals surface area (Å²) in [5.74, 6) is -1.49. The summed E-state index contributed by atoms with van der Waals surface area (Å²) < 4.78 is 5.50. The van der Waals surface area contributed by atoms with Crippen LogP contribution in [0.25, 0.3) is 0 Å². The highest BCUT2D eigenvalue weighted by atomic mass is 79.9. The molecule has 0 fully saturated rings. The highest BCUT2D eigenvalue weighted by molar-refractivity contribution is 9.10. The summed E-state index contributed by atoms with van der Waals surface area (Å²) >= 11 is 3.19. The van der Waals surface area contributed by atoms with Crippen molar-refractivity contribution in [1.82, 2.24) is 15.6 Å². The quantitative estimate of drug-likeness (QED) is 0.697. The lowest BCUT2D eigenvalue weighted by Gasteiger charge is -2.13. The van der Waals surface area contributed by atoms with Gasteiger partial charge in [-0.3, -0.25) is 14.6 Å². The van der Waals surface area contributed by atoms with Gasteiger partial charge in [-0.25, -0.2) is 4.79 Å². The lowest BCUT2D eigenvalue weighted by Crippen LogP contribution is -2.46. The minimum Gasteiger partial charge on any atom is -0.452 e. The van der Waals surface area contributed by atoms with E-state index in [1.165, 1.54) is 18.5 Å². The highest BCUT2D eigenvalue weighted by Gasteiger charge is 2.16. The molecule has 0 bridgehead atoms. The number of nitrogens with zero attached hydrogens (tertiary/aromatic N) is 1. The van der Waals surface area contributed by atoms with E-state index >= 15 is 0 Å². The Hall–Kier alpha value is -1.96. The largest absolute Gasteiger partial charge is 0.452 e. The fourth-order valence-electron chi connectivity index (χ4n) is 1.49. The molecule has 120 valence electrons. The van der Waals surface area contributed by atoms with Gasteiger partial charge in [0, 0.05) is 23.4 Å². The zero-order chi connectivity index (χ0) is 16.5. The van der Waals surface area contributed by atoms with Crippen LogP contribution < -0.4 is 10.6 Å². The van der Waals surface area contributed by atoms with Crippen LogP contribution in [-0.2, 0) is 14.3 Å². The van der Waals surface area contributed by atoms with E-state index in [4.69, 9.17) is 4.74 Å². The summed E-state index contributed by atoms with van der Waals surface area (Å²) in [6.07, 6.45) is 3.68. The summed E-state index contributed by atoms with van der Waals surface area (Å²) in [5, 5.41) is 5.11. The smallest absolute Gasteiger partial charge is 0.340 e. The maximum absolute atomic E-state index is 11.7. The zero-order valence-corrected chi connectivity index (χ0v) is 14.0. The third kappa shape index (κ3) is 6.21. The van der Waals surface area contributed by atoms with Crippen LogP contribution in [0.5, 0.6) is 0 Å². The molecule has 1 heterocycles. The first-order valence-electron chi connectivity index (χ1n) is 6.78. The van der Waals surface area contributed by atoms with Crippen LogP contribution in [-0.4, -0.2) is 42.0 Å². The van der Waals surface area contributed by atoms with Crippen LogP contribution in [0.3, 0.4) is 0 Å². The van der Waals surface area contributed by atoms with Crippen LogP contribution >= 0.6 is 15.9 Å². The first kappa shape index (κ1) is 18.1. The average Bonchev–Trinajstić information content (AvgIpc) is 2.50. The Morgan fingerprint density at radius 2 is 2.09 bits per heavy atom. The lowest BCUT2D eigenvalue weighted by molar-refractivity contribution is -0.130. The van der Waals surface area contributed by atoms with Gasteiger partial charge in [0.15, 0.2) is 6.61 Å². The summed E-state index contributed by atoms with van der Waals surface area (Å²) in [7, 11) is 0. The second-order valence-electron chi connectivity index (χ2n) is 4.55. The van der Waals surface area contributed by atoms with Crippen LogP contribution in [0.15, 0.2) is 22.9 Å². The van der Waals surface area contributed by atoms with E-state index in [-0.39, 0.29) is 11.5 Å². The normalized spacial score (nSPS) is 11.4. The molecule has 0 saturated carbocycles. The first-order chi connectivity index (χ1) is 10.4. The van der Waals surface area contributed by atoms with Gasteiger partial charge in [-0.15, -0.1) is 0 Å². The Morgan fingerprint density at radius 3 is 2.73 bits per heavy atom. The number of hydrogen-bond acceptors (Lipinski definition) is 5. The fourth-order valence-corrected chi connectivity index (χ4v) is 1.85. The van der Waals surface area contributed by atoms with Gasteiger partial charge in [0.2, 0.25) is 5.91 Å². The molecule has 0 unspecified atom stereocenters. The maximum Gasteiger partial charge on any atom is 0.340 e. The van der Waals surface area contributed by atoms with Gasteiger partial charge in [-0.1, -0.05) is 6.92 Å². The minimum absolute atomic E-state index is 0.232. The number of carbonyl (C=O) groups excluding carboxylic acids is 3. The Bertz CT molecular complexity index is 551. The van der Waals surface area contributed by atoms with Crippen molar-refractivity contribution in [3.05, 3.63) is 28.5 Å². The Balaban J connectivity index is 2.39. The average molecular weight is 372 g/mol. The van der Waals surface area contributed by atoms with Gasteiger partial charge in [-0.05, 0) is 35.3 Å². The number of nitrogens with one attached hydrogen (secondary N) is 2. The molecule has 0 aliphatic rings. The standard InChI is InChI=1S/C14H18BrN3O4/c1-3-4-17-13(20)9(2)18-12(19)8-22-14(21)10-5-11(15)7-16-6-10/h5-7,9H,3-4,8H2,1-2H3,(H,17,20)(H,18,19)/t9-/m0/s1. The molecule has 0 aliphatic heterocycles. The predicted octanol–water partition coefficient (Wildman–Crippen LogP) is 1.03. The van der Waals surface area contributed by atoms with Crippen LogP contribution in [0.4, 0.5) is 0 Å². The number of halogens is 1. The van der Waals surface area contributed by atoms with E-state index in [2.05, 4.69) is 31.5 Å². The summed E-state index contributed by atoms with van der Waals surface area (Å²) in [4.78, 5) is 38.8. The first-order valence-corrected chi connectivity index (χ1v) is 7.58. The number of ether oxygens (including phenoxy) is 1. The Kier molecular flexibility index (Phi) is 7.51. The number of esters is 1. The van der Waals surface area contributed by atoms with Crippen molar-refractivity contribution < 1.29 is 19.1 Å². The summed E-state index contributed by atoms with van der Waals surface area (Å²) in [5.41, 5.74) is 0.232. The van der Waals surface area contributed by atoms with Gasteiger partial charge < -0.3 is 15.4 Å². The van der Waals surface area contributed by atoms with Crippen molar-refractivity contribution in [1.29, 1.82) is 0 Å². The van der Waals surface area contributed by atoms with Crippen molar-refractivity contribution in [2.24, 2.45) is 0 Å². The van der Waals surface area contributed by atoms with Crippen LogP contribution in [0, 0.1) is 0 Å².